The van der Waals surface area contributed by atoms with Crippen molar-refractivity contribution in [3.05, 3.63) is 29.3 Å². The van der Waals surface area contributed by atoms with Crippen molar-refractivity contribution in [1.29, 1.82) is 0 Å². The molecule has 0 atom stereocenters. The molecular formula is C14H19F3O2SSi. The third kappa shape index (κ3) is 6.13. The van der Waals surface area contributed by atoms with Gasteiger partial charge < -0.3 is 4.74 Å². The SMILES string of the molecule is COC(=O)c1cc(SCC[Si](C)(C)C)cc(C(F)(F)F)c1. The monoisotopic (exact) mass is 336 g/mol. The maximum atomic E-state index is 12.9. The van der Waals surface area contributed by atoms with Crippen molar-refractivity contribution < 1.29 is 22.7 Å². The van der Waals surface area contributed by atoms with Gasteiger partial charge in [-0.3, -0.25) is 0 Å². The number of alkyl halides is 3. The molecule has 0 aliphatic carbocycles. The second kappa shape index (κ2) is 6.87. The zero-order valence-electron chi connectivity index (χ0n) is 12.5. The Labute approximate surface area is 128 Å². The van der Waals surface area contributed by atoms with Crippen molar-refractivity contribution in [2.45, 2.75) is 36.8 Å². The summed E-state index contributed by atoms with van der Waals surface area (Å²) in [4.78, 5) is 11.9. The molecule has 1 aromatic carbocycles. The summed E-state index contributed by atoms with van der Waals surface area (Å²) in [6.07, 6.45) is -4.47. The van der Waals surface area contributed by atoms with Gasteiger partial charge in [0.2, 0.25) is 0 Å². The van der Waals surface area contributed by atoms with Gasteiger partial charge in [-0.1, -0.05) is 19.6 Å². The molecule has 0 saturated carbocycles. The van der Waals surface area contributed by atoms with Crippen molar-refractivity contribution in [3.63, 3.8) is 0 Å². The van der Waals surface area contributed by atoms with E-state index in [0.29, 0.717) is 4.90 Å². The van der Waals surface area contributed by atoms with Gasteiger partial charge in [-0.25, -0.2) is 4.79 Å². The van der Waals surface area contributed by atoms with Crippen LogP contribution in [0.25, 0.3) is 0 Å². The van der Waals surface area contributed by atoms with E-state index in [0.717, 1.165) is 31.0 Å². The Morgan fingerprint density at radius 3 is 2.33 bits per heavy atom. The highest BCUT2D eigenvalue weighted by molar-refractivity contribution is 7.99. The molecule has 0 amide bonds. The van der Waals surface area contributed by atoms with E-state index in [9.17, 15) is 18.0 Å². The number of halogens is 3. The number of hydrogen-bond donors (Lipinski definition) is 0. The van der Waals surface area contributed by atoms with Crippen LogP contribution in [0.3, 0.4) is 0 Å². The number of benzene rings is 1. The van der Waals surface area contributed by atoms with Gasteiger partial charge in [0.1, 0.15) is 0 Å². The van der Waals surface area contributed by atoms with Crippen molar-refractivity contribution in [2.24, 2.45) is 0 Å². The van der Waals surface area contributed by atoms with E-state index in [-0.39, 0.29) is 5.56 Å². The molecule has 0 unspecified atom stereocenters. The minimum atomic E-state index is -4.47. The highest BCUT2D eigenvalue weighted by Gasteiger charge is 2.32. The molecule has 7 heteroatoms. The van der Waals surface area contributed by atoms with E-state index in [4.69, 9.17) is 0 Å². The van der Waals surface area contributed by atoms with Crippen LogP contribution in [0.1, 0.15) is 15.9 Å². The van der Waals surface area contributed by atoms with Gasteiger partial charge in [0, 0.05) is 13.0 Å². The zero-order chi connectivity index (χ0) is 16.3. The summed E-state index contributed by atoms with van der Waals surface area (Å²) < 4.78 is 43.1. The topological polar surface area (TPSA) is 26.3 Å². The number of carbonyl (C=O) groups is 1. The number of ether oxygens (including phenoxy) is 1. The third-order valence-electron chi connectivity index (χ3n) is 2.78. The highest BCUT2D eigenvalue weighted by atomic mass is 32.2. The van der Waals surface area contributed by atoms with Gasteiger partial charge in [0.05, 0.1) is 18.2 Å². The fourth-order valence-corrected chi connectivity index (χ4v) is 5.07. The summed E-state index contributed by atoms with van der Waals surface area (Å²) in [6.45, 7) is 6.62. The second-order valence-corrected chi connectivity index (χ2v) is 12.7. The lowest BCUT2D eigenvalue weighted by Crippen LogP contribution is -2.19. The average Bonchev–Trinajstić information content (AvgIpc) is 2.35. The smallest absolute Gasteiger partial charge is 0.416 e. The summed E-state index contributed by atoms with van der Waals surface area (Å²) in [5, 5.41) is 0. The van der Waals surface area contributed by atoms with E-state index < -0.39 is 25.8 Å². The van der Waals surface area contributed by atoms with Crippen LogP contribution in [0.2, 0.25) is 25.7 Å². The Kier molecular flexibility index (Phi) is 5.92. The van der Waals surface area contributed by atoms with E-state index >= 15 is 0 Å². The molecule has 0 aliphatic rings. The maximum absolute atomic E-state index is 12.9. The van der Waals surface area contributed by atoms with Crippen LogP contribution in [0.15, 0.2) is 23.1 Å². The summed E-state index contributed by atoms with van der Waals surface area (Å²) in [7, 11) is -0.0849. The van der Waals surface area contributed by atoms with Crippen LogP contribution in [0.5, 0.6) is 0 Å². The molecule has 2 nitrogen and oxygen atoms in total. The van der Waals surface area contributed by atoms with E-state index in [2.05, 4.69) is 24.4 Å². The number of esters is 1. The molecule has 0 aliphatic heterocycles. The van der Waals surface area contributed by atoms with Crippen LogP contribution in [0.4, 0.5) is 13.2 Å². The summed E-state index contributed by atoms with van der Waals surface area (Å²) in [5.74, 6) is -0.00868. The van der Waals surface area contributed by atoms with E-state index in [1.54, 1.807) is 0 Å². The molecule has 0 saturated heterocycles. The highest BCUT2D eigenvalue weighted by Crippen LogP contribution is 2.34. The normalized spacial score (nSPS) is 12.3. The van der Waals surface area contributed by atoms with Gasteiger partial charge in [-0.2, -0.15) is 13.2 Å². The molecule has 118 valence electrons. The van der Waals surface area contributed by atoms with Gasteiger partial charge in [-0.05, 0) is 30.0 Å². The first-order valence-electron chi connectivity index (χ1n) is 6.46. The molecule has 0 aromatic heterocycles. The van der Waals surface area contributed by atoms with Gasteiger partial charge in [0.25, 0.3) is 0 Å². The third-order valence-corrected chi connectivity index (χ3v) is 5.87. The van der Waals surface area contributed by atoms with Gasteiger partial charge >= 0.3 is 12.1 Å². The molecule has 0 fully saturated rings. The summed E-state index contributed by atoms with van der Waals surface area (Å²) in [6, 6.07) is 4.37. The van der Waals surface area contributed by atoms with Crippen LogP contribution in [0, 0.1) is 0 Å². The Morgan fingerprint density at radius 1 is 1.24 bits per heavy atom. The van der Waals surface area contributed by atoms with Crippen LogP contribution in [-0.2, 0) is 10.9 Å². The van der Waals surface area contributed by atoms with Crippen molar-refractivity contribution >= 4 is 25.8 Å². The van der Waals surface area contributed by atoms with Crippen molar-refractivity contribution in [3.8, 4) is 0 Å². The Bertz CT molecular complexity index is 510. The van der Waals surface area contributed by atoms with Crippen LogP contribution < -0.4 is 0 Å². The molecule has 0 radical (unpaired) electrons. The minimum Gasteiger partial charge on any atom is -0.465 e. The van der Waals surface area contributed by atoms with Crippen LogP contribution in [-0.4, -0.2) is 26.9 Å². The van der Waals surface area contributed by atoms with Gasteiger partial charge in [-0.15, -0.1) is 11.8 Å². The molecule has 0 spiro atoms. The van der Waals surface area contributed by atoms with Gasteiger partial charge in [0.15, 0.2) is 0 Å². The molecule has 0 bridgehead atoms. The lowest BCUT2D eigenvalue weighted by atomic mass is 10.1. The Hall–Kier alpha value is -0.953. The molecule has 1 aromatic rings. The fraction of sp³-hybridized carbons (Fsp3) is 0.500. The lowest BCUT2D eigenvalue weighted by Gasteiger charge is -2.16. The van der Waals surface area contributed by atoms with E-state index in [1.165, 1.54) is 17.8 Å². The van der Waals surface area contributed by atoms with Crippen molar-refractivity contribution in [2.75, 3.05) is 12.9 Å². The average molecular weight is 336 g/mol. The minimum absolute atomic E-state index is 0.0668. The number of carbonyl (C=O) groups excluding carboxylic acids is 1. The quantitative estimate of drug-likeness (QED) is 0.433. The maximum Gasteiger partial charge on any atom is 0.416 e. The van der Waals surface area contributed by atoms with E-state index in [1.807, 2.05) is 0 Å². The molecule has 21 heavy (non-hydrogen) atoms. The molecule has 0 N–H and O–H groups in total. The number of hydrogen-bond acceptors (Lipinski definition) is 3. The first kappa shape index (κ1) is 18.1. The molecule has 1 rings (SSSR count). The van der Waals surface area contributed by atoms with Crippen molar-refractivity contribution in [1.82, 2.24) is 0 Å². The molecule has 0 heterocycles. The fourth-order valence-electron chi connectivity index (χ4n) is 1.56. The first-order valence-corrected chi connectivity index (χ1v) is 11.2. The number of rotatable bonds is 5. The largest absolute Gasteiger partial charge is 0.465 e. The summed E-state index contributed by atoms with van der Waals surface area (Å²) in [5.41, 5.74) is -0.885. The predicted octanol–water partition coefficient (Wildman–Crippen LogP) is 4.92. The number of methoxy groups -OCH3 is 1. The second-order valence-electron chi connectivity index (χ2n) is 5.89. The summed E-state index contributed by atoms with van der Waals surface area (Å²) >= 11 is 1.35. The Morgan fingerprint density at radius 2 is 1.86 bits per heavy atom. The standard InChI is InChI=1S/C14H19F3O2SSi/c1-19-13(18)10-7-11(14(15,16)17)9-12(8-10)20-5-6-21(2,3)4/h7-9H,5-6H2,1-4H3. The lowest BCUT2D eigenvalue weighted by molar-refractivity contribution is -0.137. The first-order chi connectivity index (χ1) is 9.53. The Balaban J connectivity index is 3.00. The number of thioether (sulfide) groups is 1. The molecular weight excluding hydrogens is 317 g/mol. The predicted molar refractivity (Wildman–Crippen MR) is 81.7 cm³/mol. The van der Waals surface area contributed by atoms with Crippen LogP contribution >= 0.6 is 11.8 Å². The zero-order valence-corrected chi connectivity index (χ0v) is 14.3.